The van der Waals surface area contributed by atoms with Crippen molar-refractivity contribution >= 4 is 39.3 Å². The number of benzene rings is 2. The molecule has 2 rings (SSSR count). The molecule has 0 saturated heterocycles. The number of nitro groups is 2. The predicted molar refractivity (Wildman–Crippen MR) is 144 cm³/mol. The lowest BCUT2D eigenvalue weighted by Gasteiger charge is -2.26. The first-order valence-electron chi connectivity index (χ1n) is 12.0. The molecule has 0 bridgehead atoms. The van der Waals surface area contributed by atoms with Crippen molar-refractivity contribution in [1.82, 2.24) is 9.80 Å². The molecule has 0 heterocycles. The molecule has 0 amide bonds. The average molecular weight is 622 g/mol. The molecule has 2 atom stereocenters. The van der Waals surface area contributed by atoms with E-state index in [1.54, 1.807) is 27.7 Å². The molecule has 15 nitrogen and oxygen atoms in total. The predicted octanol–water partition coefficient (Wildman–Crippen LogP) is 3.69. The third-order valence-electron chi connectivity index (χ3n) is 5.86. The molecule has 0 spiro atoms. The minimum atomic E-state index is -4.44. The fourth-order valence-corrected chi connectivity index (χ4v) is 8.42. The highest BCUT2D eigenvalue weighted by Crippen LogP contribution is 2.37. The molecule has 2 unspecified atom stereocenters. The van der Waals surface area contributed by atoms with E-state index in [2.05, 4.69) is 0 Å². The Hall–Kier alpha value is -2.92. The maximum absolute atomic E-state index is 13.4. The summed E-state index contributed by atoms with van der Waals surface area (Å²) >= 11 is 0. The molecule has 0 radical (unpaired) electrons. The molecule has 220 valence electrons. The van der Waals surface area contributed by atoms with Gasteiger partial charge < -0.3 is 0 Å². The van der Waals surface area contributed by atoms with Crippen LogP contribution in [0, 0.1) is 20.2 Å². The van der Waals surface area contributed by atoms with Gasteiger partial charge in [0.15, 0.2) is 0 Å². The maximum Gasteiger partial charge on any atom is 0.702 e. The van der Waals surface area contributed by atoms with Crippen LogP contribution in [0.1, 0.15) is 27.7 Å². The number of non-ortho nitro benzene ring substituents is 2. The minimum absolute atomic E-state index is 0.122. The Morgan fingerprint density at radius 1 is 0.675 bits per heavy atom. The van der Waals surface area contributed by atoms with E-state index in [1.165, 1.54) is 9.80 Å². The SMILES string of the molecule is CCN(CC)C(O[P+](=O)OC(N(CC)CC)S(=O)(=O)c1ccc([N+](=O)[O-])cc1)S(=O)(=O)c1ccc([N+](=O)[O-])cc1. The van der Waals surface area contributed by atoms with E-state index in [9.17, 15) is 41.6 Å². The minimum Gasteiger partial charge on any atom is -0.261 e. The largest absolute Gasteiger partial charge is 0.702 e. The van der Waals surface area contributed by atoms with E-state index >= 15 is 0 Å². The van der Waals surface area contributed by atoms with Crippen LogP contribution in [0.4, 0.5) is 11.4 Å². The van der Waals surface area contributed by atoms with Gasteiger partial charge in [-0.1, -0.05) is 36.7 Å². The quantitative estimate of drug-likeness (QED) is 0.114. The number of nitro benzene ring substituents is 2. The topological polar surface area (TPSA) is 197 Å². The monoisotopic (exact) mass is 621 g/mol. The normalized spacial score (nSPS) is 14.2. The van der Waals surface area contributed by atoms with Crippen LogP contribution in [-0.2, 0) is 33.3 Å². The Bertz CT molecular complexity index is 1300. The van der Waals surface area contributed by atoms with Gasteiger partial charge in [-0.2, -0.15) is 0 Å². The van der Waals surface area contributed by atoms with Crippen LogP contribution < -0.4 is 0 Å². The van der Waals surface area contributed by atoms with Gasteiger partial charge in [0, 0.05) is 28.8 Å². The summed E-state index contributed by atoms with van der Waals surface area (Å²) in [7, 11) is -12.3. The van der Waals surface area contributed by atoms with Gasteiger partial charge in [0.05, 0.1) is 19.6 Å². The van der Waals surface area contributed by atoms with Gasteiger partial charge in [-0.3, -0.25) is 30.0 Å². The summed E-state index contributed by atoms with van der Waals surface area (Å²) in [4.78, 5) is 22.4. The second kappa shape index (κ2) is 14.1. The van der Waals surface area contributed by atoms with Crippen molar-refractivity contribution in [3.63, 3.8) is 0 Å². The van der Waals surface area contributed by atoms with Gasteiger partial charge in [0.25, 0.3) is 22.5 Å². The van der Waals surface area contributed by atoms with Gasteiger partial charge in [-0.15, -0.1) is 0 Å². The van der Waals surface area contributed by atoms with Crippen LogP contribution in [0.5, 0.6) is 0 Å². The van der Waals surface area contributed by atoms with Crippen LogP contribution in [0.2, 0.25) is 0 Å². The first-order valence-corrected chi connectivity index (χ1v) is 16.2. The Morgan fingerprint density at radius 2 is 0.950 bits per heavy atom. The Kier molecular flexibility index (Phi) is 11.7. The van der Waals surface area contributed by atoms with E-state index < -0.39 is 48.9 Å². The van der Waals surface area contributed by atoms with E-state index in [1.807, 2.05) is 0 Å². The number of rotatable bonds is 16. The molecule has 40 heavy (non-hydrogen) atoms. The second-order valence-corrected chi connectivity index (χ2v) is 12.9. The molecule has 0 aliphatic carbocycles. The van der Waals surface area contributed by atoms with Crippen LogP contribution in [0.15, 0.2) is 58.3 Å². The third-order valence-corrected chi connectivity index (χ3v) is 10.6. The molecule has 0 N–H and O–H groups in total. The molecule has 0 saturated carbocycles. The van der Waals surface area contributed by atoms with Crippen molar-refractivity contribution in [2.24, 2.45) is 0 Å². The first kappa shape index (κ1) is 33.3. The van der Waals surface area contributed by atoms with Crippen LogP contribution in [0.25, 0.3) is 0 Å². The number of nitrogens with zero attached hydrogens (tertiary/aromatic N) is 4. The summed E-state index contributed by atoms with van der Waals surface area (Å²) in [6, 6.07) is 8.04. The lowest BCUT2D eigenvalue weighted by molar-refractivity contribution is -0.385. The molecule has 0 aliphatic rings. The smallest absolute Gasteiger partial charge is 0.261 e. The van der Waals surface area contributed by atoms with E-state index in [-0.39, 0.29) is 47.3 Å². The second-order valence-electron chi connectivity index (χ2n) is 8.08. The lowest BCUT2D eigenvalue weighted by Crippen LogP contribution is -2.43. The van der Waals surface area contributed by atoms with Crippen LogP contribution in [0.3, 0.4) is 0 Å². The number of sulfone groups is 2. The molecule has 18 heteroatoms. The van der Waals surface area contributed by atoms with Crippen molar-refractivity contribution in [3.05, 3.63) is 68.8 Å². The van der Waals surface area contributed by atoms with Gasteiger partial charge in [-0.05, 0) is 50.4 Å². The molecular weight excluding hydrogens is 591 g/mol. The zero-order valence-electron chi connectivity index (χ0n) is 22.1. The average Bonchev–Trinajstić information content (AvgIpc) is 2.93. The van der Waals surface area contributed by atoms with Crippen molar-refractivity contribution in [1.29, 1.82) is 0 Å². The molecule has 0 fully saturated rings. The Morgan fingerprint density at radius 3 is 1.18 bits per heavy atom. The van der Waals surface area contributed by atoms with Crippen molar-refractivity contribution in [2.45, 2.75) is 48.6 Å². The van der Waals surface area contributed by atoms with E-state index in [4.69, 9.17) is 9.05 Å². The Balaban J connectivity index is 2.46. The van der Waals surface area contributed by atoms with Gasteiger partial charge in [0.2, 0.25) is 19.7 Å². The molecular formula is C22H30N4O11PS2+. The Labute approximate surface area is 232 Å². The zero-order valence-corrected chi connectivity index (χ0v) is 24.7. The van der Waals surface area contributed by atoms with Crippen molar-refractivity contribution in [3.8, 4) is 0 Å². The lowest BCUT2D eigenvalue weighted by atomic mass is 10.3. The van der Waals surface area contributed by atoms with Gasteiger partial charge in [0.1, 0.15) is 0 Å². The summed E-state index contributed by atoms with van der Waals surface area (Å²) < 4.78 is 77.6. The zero-order chi connectivity index (χ0) is 30.3. The van der Waals surface area contributed by atoms with Gasteiger partial charge in [-0.25, -0.2) is 16.8 Å². The molecule has 2 aromatic rings. The van der Waals surface area contributed by atoms with Crippen LogP contribution in [-0.4, -0.2) is 73.8 Å². The fourth-order valence-electron chi connectivity index (χ4n) is 3.60. The van der Waals surface area contributed by atoms with Gasteiger partial charge >= 0.3 is 8.25 Å². The highest BCUT2D eigenvalue weighted by molar-refractivity contribution is 7.92. The summed E-state index contributed by atoms with van der Waals surface area (Å²) in [5, 5.41) is 21.9. The fraction of sp³-hybridized carbons (Fsp3) is 0.455. The molecule has 0 aliphatic heterocycles. The maximum atomic E-state index is 13.4. The third kappa shape index (κ3) is 7.63. The van der Waals surface area contributed by atoms with Crippen molar-refractivity contribution < 1.29 is 40.3 Å². The highest BCUT2D eigenvalue weighted by Gasteiger charge is 2.47. The molecule has 2 aromatic carbocycles. The standard InChI is InChI=1S/C22H30N4O11PS2/c1-5-23(6-2)21(39(32,33)19-13-9-17(10-14-19)25(27)28)36-38(31)37-22(24(7-3)8-4)40(34,35)20-15-11-18(12-16-20)26(29)30/h9-16,21-22H,5-8H2,1-4H3/q+1. The van der Waals surface area contributed by atoms with E-state index in [0.29, 0.717) is 0 Å². The summed E-state index contributed by atoms with van der Waals surface area (Å²) in [5.41, 5.74) is -4.45. The van der Waals surface area contributed by atoms with Crippen LogP contribution >= 0.6 is 8.25 Å². The molecule has 0 aromatic heterocycles. The highest BCUT2D eigenvalue weighted by atomic mass is 32.2. The number of hydrogen-bond acceptors (Lipinski definition) is 13. The van der Waals surface area contributed by atoms with E-state index in [0.717, 1.165) is 48.5 Å². The first-order chi connectivity index (χ1) is 18.7. The summed E-state index contributed by atoms with van der Waals surface area (Å²) in [6.07, 6.45) is 0. The summed E-state index contributed by atoms with van der Waals surface area (Å²) in [6.45, 7) is 6.98. The number of hydrogen-bond donors (Lipinski definition) is 0. The van der Waals surface area contributed by atoms with Crippen molar-refractivity contribution in [2.75, 3.05) is 26.2 Å². The summed E-state index contributed by atoms with van der Waals surface area (Å²) in [5.74, 6) is 0.